The lowest BCUT2D eigenvalue weighted by atomic mass is 9.91. The zero-order valence-electron chi connectivity index (χ0n) is 27.0. The molecule has 0 saturated carbocycles. The number of nitrogens with zero attached hydrogens (tertiary/aromatic N) is 2. The van der Waals surface area contributed by atoms with Crippen molar-refractivity contribution in [3.8, 4) is 0 Å². The zero-order chi connectivity index (χ0) is 31.6. The van der Waals surface area contributed by atoms with Crippen molar-refractivity contribution >= 4 is 66.4 Å². The Kier molecular flexibility index (Phi) is 6.30. The molecule has 0 saturated heterocycles. The molecule has 0 aromatic heterocycles. The summed E-state index contributed by atoms with van der Waals surface area (Å²) in [5.74, 6) is 0. The van der Waals surface area contributed by atoms with Crippen molar-refractivity contribution in [1.82, 2.24) is 0 Å². The molecule has 48 heavy (non-hydrogen) atoms. The smallest absolute Gasteiger partial charge is 0.0540 e. The van der Waals surface area contributed by atoms with Crippen LogP contribution in [0.2, 0.25) is 0 Å². The van der Waals surface area contributed by atoms with E-state index < -0.39 is 0 Å². The fraction of sp³-hybridized carbons (Fsp3) is 0.130. The molecule has 0 unspecified atom stereocenters. The zero-order valence-corrected chi connectivity index (χ0v) is 27.0. The third kappa shape index (κ3) is 4.33. The maximum absolute atomic E-state index is 2.46. The lowest BCUT2D eigenvalue weighted by molar-refractivity contribution is 0.911. The second kappa shape index (κ2) is 11.0. The number of rotatable bonds is 6. The fourth-order valence-electron chi connectivity index (χ4n) is 8.56. The lowest BCUT2D eigenvalue weighted by Crippen LogP contribution is -2.12. The van der Waals surface area contributed by atoms with Gasteiger partial charge in [-0.2, -0.15) is 0 Å². The SMILES string of the molecule is c1ccc(N(c2ccc3c(c2)CCC3)c2ccc3ccc4c(N(c5ccccc5)c5ccc6c(c5)CCC6)ccc5ccc2c3c54)cc1. The van der Waals surface area contributed by atoms with Crippen LogP contribution in [0.3, 0.4) is 0 Å². The Bertz CT molecular complexity index is 2290. The van der Waals surface area contributed by atoms with Crippen LogP contribution in [0.1, 0.15) is 35.1 Å². The third-order valence-electron chi connectivity index (χ3n) is 10.8. The number of para-hydroxylation sites is 2. The predicted octanol–water partition coefficient (Wildman–Crippen LogP) is 12.5. The first kappa shape index (κ1) is 27.5. The molecule has 2 nitrogen and oxygen atoms in total. The van der Waals surface area contributed by atoms with Gasteiger partial charge in [0, 0.05) is 33.5 Å². The minimum Gasteiger partial charge on any atom is -0.310 e. The highest BCUT2D eigenvalue weighted by atomic mass is 15.1. The Labute approximate surface area is 281 Å². The monoisotopic (exact) mass is 616 g/mol. The van der Waals surface area contributed by atoms with Gasteiger partial charge in [0.15, 0.2) is 0 Å². The first-order valence-electron chi connectivity index (χ1n) is 17.4. The van der Waals surface area contributed by atoms with Gasteiger partial charge < -0.3 is 9.80 Å². The van der Waals surface area contributed by atoms with Crippen molar-refractivity contribution in [1.29, 1.82) is 0 Å². The topological polar surface area (TPSA) is 6.48 Å². The Hall–Kier alpha value is -5.60. The summed E-state index contributed by atoms with van der Waals surface area (Å²) in [5.41, 5.74) is 13.2. The van der Waals surface area contributed by atoms with Crippen LogP contribution in [-0.4, -0.2) is 0 Å². The molecule has 2 heteroatoms. The van der Waals surface area contributed by atoms with Crippen molar-refractivity contribution in [2.45, 2.75) is 38.5 Å². The molecule has 0 amide bonds. The van der Waals surface area contributed by atoms with E-state index in [1.807, 2.05) is 0 Å². The quantitative estimate of drug-likeness (QED) is 0.172. The van der Waals surface area contributed by atoms with Crippen molar-refractivity contribution in [2.24, 2.45) is 0 Å². The van der Waals surface area contributed by atoms with E-state index in [2.05, 4.69) is 155 Å². The summed E-state index contributed by atoms with van der Waals surface area (Å²) in [5, 5.41) is 7.75. The van der Waals surface area contributed by atoms with E-state index in [9.17, 15) is 0 Å². The van der Waals surface area contributed by atoms with Crippen LogP contribution in [-0.2, 0) is 25.7 Å². The minimum atomic E-state index is 1.16. The second-order valence-electron chi connectivity index (χ2n) is 13.5. The van der Waals surface area contributed by atoms with E-state index in [1.54, 1.807) is 0 Å². The number of benzene rings is 8. The van der Waals surface area contributed by atoms with E-state index in [-0.39, 0.29) is 0 Å². The average Bonchev–Trinajstić information content (AvgIpc) is 3.82. The van der Waals surface area contributed by atoms with Gasteiger partial charge in [0.25, 0.3) is 0 Å². The molecule has 10 rings (SSSR count). The fourth-order valence-corrected chi connectivity index (χ4v) is 8.56. The van der Waals surface area contributed by atoms with Gasteiger partial charge in [-0.1, -0.05) is 84.9 Å². The van der Waals surface area contributed by atoms with Crippen LogP contribution >= 0.6 is 0 Å². The van der Waals surface area contributed by atoms with Crippen molar-refractivity contribution in [3.05, 3.63) is 168 Å². The van der Waals surface area contributed by atoms with Crippen molar-refractivity contribution in [3.63, 3.8) is 0 Å². The molecular weight excluding hydrogens is 581 g/mol. The molecule has 8 aromatic rings. The van der Waals surface area contributed by atoms with Gasteiger partial charge in [-0.05, 0) is 143 Å². The summed E-state index contributed by atoms with van der Waals surface area (Å²) in [4.78, 5) is 4.93. The Morgan fingerprint density at radius 1 is 0.333 bits per heavy atom. The van der Waals surface area contributed by atoms with Crippen molar-refractivity contribution < 1.29 is 0 Å². The van der Waals surface area contributed by atoms with Gasteiger partial charge in [0.2, 0.25) is 0 Å². The van der Waals surface area contributed by atoms with Crippen LogP contribution in [0.5, 0.6) is 0 Å². The summed E-state index contributed by atoms with van der Waals surface area (Å²) in [6.07, 6.45) is 7.19. The Balaban J connectivity index is 1.22. The number of fused-ring (bicyclic) bond motifs is 2. The Morgan fingerprint density at radius 2 is 0.750 bits per heavy atom. The molecule has 0 N–H and O–H groups in total. The van der Waals surface area contributed by atoms with E-state index >= 15 is 0 Å². The van der Waals surface area contributed by atoms with E-state index in [0.717, 1.165) is 12.8 Å². The van der Waals surface area contributed by atoms with Gasteiger partial charge >= 0.3 is 0 Å². The van der Waals surface area contributed by atoms with Gasteiger partial charge in [-0.3, -0.25) is 0 Å². The first-order chi connectivity index (χ1) is 23.8. The standard InChI is InChI=1S/C46H36N2/c1-3-13-37(14-4-1)47(39-23-17-31-9-7-11-35(31)29-39)43-27-21-33-20-26-42-44(28-22-34-19-25-41(43)45(33)46(34)42)48(38-15-5-2-6-16-38)40-24-18-32-10-8-12-36(32)30-40/h1-6,13-30H,7-12H2. The molecule has 2 aliphatic carbocycles. The number of hydrogen-bond acceptors (Lipinski definition) is 2. The normalized spacial score (nSPS) is 13.8. The van der Waals surface area contributed by atoms with Crippen molar-refractivity contribution in [2.75, 3.05) is 9.80 Å². The Morgan fingerprint density at radius 3 is 1.21 bits per heavy atom. The molecule has 0 spiro atoms. The third-order valence-corrected chi connectivity index (χ3v) is 10.8. The van der Waals surface area contributed by atoms with E-state index in [1.165, 1.54) is 114 Å². The van der Waals surface area contributed by atoms with Crippen LogP contribution in [0.15, 0.2) is 146 Å². The van der Waals surface area contributed by atoms with Gasteiger partial charge in [-0.25, -0.2) is 0 Å². The van der Waals surface area contributed by atoms with Crippen LogP contribution in [0, 0.1) is 0 Å². The number of hydrogen-bond donors (Lipinski definition) is 0. The highest BCUT2D eigenvalue weighted by molar-refractivity contribution is 6.28. The average molecular weight is 617 g/mol. The molecule has 2 aliphatic rings. The molecule has 0 radical (unpaired) electrons. The van der Waals surface area contributed by atoms with E-state index in [0.29, 0.717) is 0 Å². The second-order valence-corrected chi connectivity index (χ2v) is 13.5. The summed E-state index contributed by atoms with van der Waals surface area (Å²) in [6.45, 7) is 0. The summed E-state index contributed by atoms with van der Waals surface area (Å²) in [6, 6.07) is 54.6. The minimum absolute atomic E-state index is 1.16. The number of aryl methyl sites for hydroxylation is 4. The highest BCUT2D eigenvalue weighted by Gasteiger charge is 2.23. The molecule has 0 fully saturated rings. The summed E-state index contributed by atoms with van der Waals surface area (Å²) in [7, 11) is 0. The van der Waals surface area contributed by atoms with Crippen LogP contribution in [0.25, 0.3) is 32.3 Å². The van der Waals surface area contributed by atoms with Crippen LogP contribution < -0.4 is 9.80 Å². The molecule has 0 aliphatic heterocycles. The van der Waals surface area contributed by atoms with Gasteiger partial charge in [-0.15, -0.1) is 0 Å². The van der Waals surface area contributed by atoms with Gasteiger partial charge in [0.05, 0.1) is 11.4 Å². The molecule has 0 atom stereocenters. The lowest BCUT2D eigenvalue weighted by Gasteiger charge is -2.29. The maximum atomic E-state index is 2.46. The van der Waals surface area contributed by atoms with E-state index in [4.69, 9.17) is 0 Å². The molecule has 0 heterocycles. The first-order valence-corrected chi connectivity index (χ1v) is 17.4. The molecule has 0 bridgehead atoms. The summed E-state index contributed by atoms with van der Waals surface area (Å²) >= 11 is 0. The van der Waals surface area contributed by atoms with Crippen LogP contribution in [0.4, 0.5) is 34.1 Å². The number of anilines is 6. The molecule has 230 valence electrons. The summed E-state index contributed by atoms with van der Waals surface area (Å²) < 4.78 is 0. The molecule has 8 aromatic carbocycles. The largest absolute Gasteiger partial charge is 0.310 e. The maximum Gasteiger partial charge on any atom is 0.0540 e. The van der Waals surface area contributed by atoms with Gasteiger partial charge in [0.1, 0.15) is 0 Å². The predicted molar refractivity (Wildman–Crippen MR) is 204 cm³/mol. The molecular formula is C46H36N2. The highest BCUT2D eigenvalue weighted by Crippen LogP contribution is 2.48.